The molecule has 0 aliphatic heterocycles. The molecule has 0 aliphatic rings. The van der Waals surface area contributed by atoms with E-state index >= 15 is 0 Å². The number of nitriles is 2. The van der Waals surface area contributed by atoms with Crippen molar-refractivity contribution in [1.82, 2.24) is 0 Å². The van der Waals surface area contributed by atoms with Gasteiger partial charge in [0.1, 0.15) is 12.1 Å². The van der Waals surface area contributed by atoms with Crippen LogP contribution in [0.3, 0.4) is 0 Å². The molecule has 2 heteroatoms. The van der Waals surface area contributed by atoms with Gasteiger partial charge < -0.3 is 0 Å². The van der Waals surface area contributed by atoms with Crippen LogP contribution in [0.1, 0.15) is 61.8 Å². The topological polar surface area (TPSA) is 47.6 Å². The number of aryl methyl sites for hydroxylation is 2. The predicted octanol–water partition coefficient (Wildman–Crippen LogP) is 4.12. The Bertz CT molecular complexity index is 430. The Kier molecular flexibility index (Phi) is 5.95. The van der Waals surface area contributed by atoms with Gasteiger partial charge in [0.2, 0.25) is 0 Å². The summed E-state index contributed by atoms with van der Waals surface area (Å²) in [6, 6.07) is 8.08. The lowest BCUT2D eigenvalue weighted by Gasteiger charge is -2.10. The monoisotopic (exact) mass is 240 g/mol. The molecule has 0 radical (unpaired) electrons. The number of hydrogen-bond acceptors (Lipinski definition) is 2. The molecule has 0 bridgehead atoms. The zero-order valence-corrected chi connectivity index (χ0v) is 11.3. The van der Waals surface area contributed by atoms with E-state index in [-0.39, 0.29) is 0 Å². The van der Waals surface area contributed by atoms with Crippen LogP contribution in [-0.2, 0) is 12.8 Å². The average Bonchev–Trinajstić information content (AvgIpc) is 2.42. The molecule has 0 spiro atoms. The molecule has 0 amide bonds. The maximum atomic E-state index is 9.07. The lowest BCUT2D eigenvalue weighted by Crippen LogP contribution is -1.99. The van der Waals surface area contributed by atoms with Gasteiger partial charge in [-0.2, -0.15) is 10.5 Å². The van der Waals surface area contributed by atoms with Crippen LogP contribution >= 0.6 is 0 Å². The molecule has 0 saturated carbocycles. The van der Waals surface area contributed by atoms with Gasteiger partial charge in [0.15, 0.2) is 0 Å². The van der Waals surface area contributed by atoms with Gasteiger partial charge in [0.05, 0.1) is 11.1 Å². The third-order valence-electron chi connectivity index (χ3n) is 3.18. The van der Waals surface area contributed by atoms with Gasteiger partial charge in [-0.05, 0) is 48.9 Å². The molecule has 0 aliphatic carbocycles. The standard InChI is InChI=1S/C16H20N2/c1-3-5-7-13-9-15(11-17)16(12-18)10-14(13)8-6-4-2/h9-10H,3-8H2,1-2H3. The van der Waals surface area contributed by atoms with Crippen molar-refractivity contribution in [2.75, 3.05) is 0 Å². The van der Waals surface area contributed by atoms with E-state index in [2.05, 4.69) is 26.0 Å². The smallest absolute Gasteiger partial charge is 0.101 e. The Morgan fingerprint density at radius 2 is 1.22 bits per heavy atom. The van der Waals surface area contributed by atoms with Crippen LogP contribution in [0.25, 0.3) is 0 Å². The number of hydrogen-bond donors (Lipinski definition) is 0. The van der Waals surface area contributed by atoms with Crippen molar-refractivity contribution >= 4 is 0 Å². The first-order valence-electron chi connectivity index (χ1n) is 6.72. The van der Waals surface area contributed by atoms with E-state index in [0.29, 0.717) is 11.1 Å². The molecule has 0 N–H and O–H groups in total. The van der Waals surface area contributed by atoms with Gasteiger partial charge in [0, 0.05) is 0 Å². The molecule has 0 unspecified atom stereocenters. The molecule has 0 heterocycles. The second-order valence-electron chi connectivity index (χ2n) is 4.60. The van der Waals surface area contributed by atoms with Crippen molar-refractivity contribution in [1.29, 1.82) is 10.5 Å². The highest BCUT2D eigenvalue weighted by Crippen LogP contribution is 2.20. The molecular formula is C16H20N2. The quantitative estimate of drug-likeness (QED) is 0.751. The highest BCUT2D eigenvalue weighted by Gasteiger charge is 2.09. The molecule has 0 atom stereocenters. The second-order valence-corrected chi connectivity index (χ2v) is 4.60. The van der Waals surface area contributed by atoms with E-state index in [9.17, 15) is 0 Å². The second kappa shape index (κ2) is 7.51. The SMILES string of the molecule is CCCCc1cc(C#N)c(C#N)cc1CCCC. The van der Waals surface area contributed by atoms with Crippen LogP contribution in [0.5, 0.6) is 0 Å². The van der Waals surface area contributed by atoms with Gasteiger partial charge in [-0.3, -0.25) is 0 Å². The largest absolute Gasteiger partial charge is 0.192 e. The highest BCUT2D eigenvalue weighted by atomic mass is 14.3. The van der Waals surface area contributed by atoms with Gasteiger partial charge in [-0.1, -0.05) is 26.7 Å². The van der Waals surface area contributed by atoms with E-state index in [1.165, 1.54) is 11.1 Å². The summed E-state index contributed by atoms with van der Waals surface area (Å²) in [5.41, 5.74) is 3.54. The predicted molar refractivity (Wildman–Crippen MR) is 73.1 cm³/mol. The fourth-order valence-electron chi connectivity index (χ4n) is 2.07. The first-order valence-corrected chi connectivity index (χ1v) is 6.72. The van der Waals surface area contributed by atoms with Crippen LogP contribution in [0.15, 0.2) is 12.1 Å². The molecule has 1 aromatic rings. The first-order chi connectivity index (χ1) is 8.76. The molecule has 94 valence electrons. The summed E-state index contributed by atoms with van der Waals surface area (Å²) in [5, 5.41) is 18.1. The Hall–Kier alpha value is -1.80. The van der Waals surface area contributed by atoms with Crippen molar-refractivity contribution in [2.24, 2.45) is 0 Å². The number of rotatable bonds is 6. The van der Waals surface area contributed by atoms with Crippen LogP contribution in [0.4, 0.5) is 0 Å². The van der Waals surface area contributed by atoms with Gasteiger partial charge >= 0.3 is 0 Å². The van der Waals surface area contributed by atoms with Crippen molar-refractivity contribution in [2.45, 2.75) is 52.4 Å². The lowest BCUT2D eigenvalue weighted by atomic mass is 9.93. The minimum atomic E-state index is 0.517. The van der Waals surface area contributed by atoms with E-state index in [0.717, 1.165) is 38.5 Å². The molecule has 2 nitrogen and oxygen atoms in total. The average molecular weight is 240 g/mol. The Balaban J connectivity index is 3.11. The molecule has 1 aromatic carbocycles. The van der Waals surface area contributed by atoms with Gasteiger partial charge in [-0.15, -0.1) is 0 Å². The van der Waals surface area contributed by atoms with Gasteiger partial charge in [-0.25, -0.2) is 0 Å². The van der Waals surface area contributed by atoms with Crippen LogP contribution in [-0.4, -0.2) is 0 Å². The number of nitrogens with zero attached hydrogens (tertiary/aromatic N) is 2. The fourth-order valence-corrected chi connectivity index (χ4v) is 2.07. The van der Waals surface area contributed by atoms with E-state index in [4.69, 9.17) is 10.5 Å². The van der Waals surface area contributed by atoms with Crippen LogP contribution < -0.4 is 0 Å². The lowest BCUT2D eigenvalue weighted by molar-refractivity contribution is 0.757. The summed E-state index contributed by atoms with van der Waals surface area (Å²) in [7, 11) is 0. The molecule has 0 saturated heterocycles. The zero-order valence-electron chi connectivity index (χ0n) is 11.3. The number of benzene rings is 1. The summed E-state index contributed by atoms with van der Waals surface area (Å²) in [5.74, 6) is 0. The number of unbranched alkanes of at least 4 members (excludes halogenated alkanes) is 2. The van der Waals surface area contributed by atoms with Crippen LogP contribution in [0.2, 0.25) is 0 Å². The summed E-state index contributed by atoms with van der Waals surface area (Å²) < 4.78 is 0. The normalized spacial score (nSPS) is 9.78. The van der Waals surface area contributed by atoms with E-state index < -0.39 is 0 Å². The van der Waals surface area contributed by atoms with Crippen molar-refractivity contribution in [3.8, 4) is 12.1 Å². The zero-order chi connectivity index (χ0) is 13.4. The molecule has 0 aromatic heterocycles. The third-order valence-corrected chi connectivity index (χ3v) is 3.18. The molecular weight excluding hydrogens is 220 g/mol. The van der Waals surface area contributed by atoms with E-state index in [1.54, 1.807) is 0 Å². The Labute approximate surface area is 110 Å². The maximum Gasteiger partial charge on any atom is 0.101 e. The minimum absolute atomic E-state index is 0.517. The third kappa shape index (κ3) is 3.60. The van der Waals surface area contributed by atoms with E-state index in [1.807, 2.05) is 12.1 Å². The summed E-state index contributed by atoms with van der Waals surface area (Å²) in [6.45, 7) is 4.33. The summed E-state index contributed by atoms with van der Waals surface area (Å²) in [4.78, 5) is 0. The minimum Gasteiger partial charge on any atom is -0.192 e. The summed E-state index contributed by atoms with van der Waals surface area (Å²) >= 11 is 0. The van der Waals surface area contributed by atoms with Crippen molar-refractivity contribution in [3.63, 3.8) is 0 Å². The van der Waals surface area contributed by atoms with Crippen molar-refractivity contribution < 1.29 is 0 Å². The Morgan fingerprint density at radius 1 is 0.833 bits per heavy atom. The fraction of sp³-hybridized carbons (Fsp3) is 0.500. The molecule has 0 fully saturated rings. The summed E-state index contributed by atoms with van der Waals surface area (Å²) in [6.07, 6.45) is 6.59. The molecule has 18 heavy (non-hydrogen) atoms. The highest BCUT2D eigenvalue weighted by molar-refractivity contribution is 5.50. The van der Waals surface area contributed by atoms with Crippen LogP contribution in [0, 0.1) is 22.7 Å². The van der Waals surface area contributed by atoms with Gasteiger partial charge in [0.25, 0.3) is 0 Å². The Morgan fingerprint density at radius 3 is 1.50 bits per heavy atom. The first kappa shape index (κ1) is 14.3. The van der Waals surface area contributed by atoms with Crippen molar-refractivity contribution in [3.05, 3.63) is 34.4 Å². The molecule has 1 rings (SSSR count). The maximum absolute atomic E-state index is 9.07.